The molecule has 1 aromatic heterocycles. The lowest BCUT2D eigenvalue weighted by atomic mass is 10.1. The molecule has 0 aliphatic heterocycles. The zero-order chi connectivity index (χ0) is 9.97. The van der Waals surface area contributed by atoms with Crippen molar-refractivity contribution in [2.75, 3.05) is 0 Å². The summed E-state index contributed by atoms with van der Waals surface area (Å²) in [6, 6.07) is 12.7. The van der Waals surface area contributed by atoms with E-state index in [0.717, 1.165) is 0 Å². The fourth-order valence-electron chi connectivity index (χ4n) is 1.34. The van der Waals surface area contributed by atoms with Crippen molar-refractivity contribution in [2.24, 2.45) is 5.73 Å². The van der Waals surface area contributed by atoms with E-state index in [2.05, 4.69) is 35.7 Å². The summed E-state index contributed by atoms with van der Waals surface area (Å²) >= 11 is 1.75. The Labute approximate surface area is 88.2 Å². The van der Waals surface area contributed by atoms with E-state index in [-0.39, 0.29) is 6.04 Å². The van der Waals surface area contributed by atoms with E-state index in [1.807, 2.05) is 13.0 Å². The summed E-state index contributed by atoms with van der Waals surface area (Å²) in [5, 5.41) is 2.13. The fourth-order valence-corrected chi connectivity index (χ4v) is 2.37. The summed E-state index contributed by atoms with van der Waals surface area (Å²) in [6.45, 7) is 2.01. The molecule has 0 aliphatic rings. The average Bonchev–Trinajstić information content (AvgIpc) is 2.68. The Balaban J connectivity index is 2.34. The van der Waals surface area contributed by atoms with Crippen LogP contribution in [0, 0.1) is 0 Å². The molecule has 1 nitrogen and oxygen atoms in total. The Hall–Kier alpha value is -1.12. The average molecular weight is 203 g/mol. The highest BCUT2D eigenvalue weighted by molar-refractivity contribution is 7.13. The summed E-state index contributed by atoms with van der Waals surface area (Å²) in [7, 11) is 0. The van der Waals surface area contributed by atoms with E-state index in [1.165, 1.54) is 16.0 Å². The molecule has 72 valence electrons. The van der Waals surface area contributed by atoms with Crippen molar-refractivity contribution in [1.82, 2.24) is 0 Å². The molecule has 0 bridgehead atoms. The highest BCUT2D eigenvalue weighted by Crippen LogP contribution is 2.28. The van der Waals surface area contributed by atoms with Crippen LogP contribution in [0.15, 0.2) is 41.8 Å². The number of thiophene rings is 1. The summed E-state index contributed by atoms with van der Waals surface area (Å²) in [5.74, 6) is 0. The molecule has 1 atom stereocenters. The van der Waals surface area contributed by atoms with Crippen LogP contribution in [0.25, 0.3) is 10.4 Å². The van der Waals surface area contributed by atoms with Crippen molar-refractivity contribution >= 4 is 11.3 Å². The first-order valence-corrected chi connectivity index (χ1v) is 5.55. The molecule has 1 unspecified atom stereocenters. The molecule has 0 fully saturated rings. The zero-order valence-corrected chi connectivity index (χ0v) is 8.92. The lowest BCUT2D eigenvalue weighted by Crippen LogP contribution is -2.02. The molecular weight excluding hydrogens is 190 g/mol. The monoisotopic (exact) mass is 203 g/mol. The van der Waals surface area contributed by atoms with Gasteiger partial charge in [0.25, 0.3) is 0 Å². The first-order valence-electron chi connectivity index (χ1n) is 4.67. The molecule has 0 saturated carbocycles. The molecule has 0 radical (unpaired) electrons. The third-order valence-electron chi connectivity index (χ3n) is 2.20. The normalized spacial score (nSPS) is 12.7. The van der Waals surface area contributed by atoms with Gasteiger partial charge in [-0.15, -0.1) is 11.3 Å². The minimum atomic E-state index is 0.128. The predicted molar refractivity (Wildman–Crippen MR) is 62.4 cm³/mol. The zero-order valence-electron chi connectivity index (χ0n) is 8.10. The molecule has 2 heteroatoms. The third-order valence-corrected chi connectivity index (χ3v) is 3.20. The third kappa shape index (κ3) is 1.86. The number of hydrogen-bond donors (Lipinski definition) is 1. The van der Waals surface area contributed by atoms with Crippen LogP contribution in [0.4, 0.5) is 0 Å². The first-order chi connectivity index (χ1) is 6.77. The highest BCUT2D eigenvalue weighted by Gasteiger charge is 2.04. The second-order valence-corrected chi connectivity index (χ2v) is 4.31. The van der Waals surface area contributed by atoms with E-state index >= 15 is 0 Å². The molecule has 14 heavy (non-hydrogen) atoms. The number of benzene rings is 1. The largest absolute Gasteiger partial charge is 0.324 e. The van der Waals surface area contributed by atoms with E-state index in [0.29, 0.717) is 0 Å². The van der Waals surface area contributed by atoms with E-state index < -0.39 is 0 Å². The second kappa shape index (κ2) is 3.95. The number of rotatable bonds is 2. The van der Waals surface area contributed by atoms with Gasteiger partial charge in [0.05, 0.1) is 0 Å². The van der Waals surface area contributed by atoms with Crippen LogP contribution in [0.2, 0.25) is 0 Å². The molecule has 1 aromatic carbocycles. The van der Waals surface area contributed by atoms with Crippen LogP contribution in [0.1, 0.15) is 18.5 Å². The van der Waals surface area contributed by atoms with Gasteiger partial charge in [0.15, 0.2) is 0 Å². The molecule has 0 aliphatic carbocycles. The van der Waals surface area contributed by atoms with Gasteiger partial charge in [0.1, 0.15) is 0 Å². The van der Waals surface area contributed by atoms with Crippen LogP contribution < -0.4 is 5.73 Å². The second-order valence-electron chi connectivity index (χ2n) is 3.40. The fraction of sp³-hybridized carbons (Fsp3) is 0.167. The lowest BCUT2D eigenvalue weighted by Gasteiger charge is -1.99. The van der Waals surface area contributed by atoms with Gasteiger partial charge in [-0.25, -0.2) is 0 Å². The van der Waals surface area contributed by atoms with E-state index in [9.17, 15) is 0 Å². The van der Waals surface area contributed by atoms with Gasteiger partial charge in [0.2, 0.25) is 0 Å². The van der Waals surface area contributed by atoms with Crippen molar-refractivity contribution in [1.29, 1.82) is 0 Å². The molecule has 1 heterocycles. The topological polar surface area (TPSA) is 26.0 Å². The summed E-state index contributed by atoms with van der Waals surface area (Å²) in [4.78, 5) is 1.29. The van der Waals surface area contributed by atoms with Gasteiger partial charge in [0, 0.05) is 10.9 Å². The van der Waals surface area contributed by atoms with Crippen molar-refractivity contribution in [2.45, 2.75) is 13.0 Å². The highest BCUT2D eigenvalue weighted by atomic mass is 32.1. The van der Waals surface area contributed by atoms with E-state index in [1.54, 1.807) is 11.3 Å². The van der Waals surface area contributed by atoms with Gasteiger partial charge >= 0.3 is 0 Å². The summed E-state index contributed by atoms with van der Waals surface area (Å²) in [6.07, 6.45) is 0. The Morgan fingerprint density at radius 2 is 1.93 bits per heavy atom. The molecule has 2 rings (SSSR count). The van der Waals surface area contributed by atoms with Crippen LogP contribution in [-0.2, 0) is 0 Å². The van der Waals surface area contributed by atoms with Crippen molar-refractivity contribution in [3.63, 3.8) is 0 Å². The maximum absolute atomic E-state index is 5.81. The van der Waals surface area contributed by atoms with Gasteiger partial charge in [-0.3, -0.25) is 0 Å². The van der Waals surface area contributed by atoms with Crippen LogP contribution in [0.3, 0.4) is 0 Å². The minimum Gasteiger partial charge on any atom is -0.324 e. The van der Waals surface area contributed by atoms with Crippen molar-refractivity contribution in [3.05, 3.63) is 47.3 Å². The van der Waals surface area contributed by atoms with Crippen LogP contribution in [0.5, 0.6) is 0 Å². The first kappa shape index (κ1) is 9.44. The minimum absolute atomic E-state index is 0.128. The Morgan fingerprint density at radius 1 is 1.21 bits per heavy atom. The lowest BCUT2D eigenvalue weighted by molar-refractivity contribution is 0.823. The molecule has 2 aromatic rings. The molecular formula is C12H13NS. The van der Waals surface area contributed by atoms with Gasteiger partial charge in [-0.1, -0.05) is 30.3 Å². The standard InChI is InChI=1S/C12H13NS/c1-9(13)11-7-12(14-8-11)10-5-3-2-4-6-10/h2-9H,13H2,1H3. The Bertz CT molecular complexity index is 403. The Kier molecular flexibility index (Phi) is 2.66. The maximum atomic E-state index is 5.81. The predicted octanol–water partition coefficient (Wildman–Crippen LogP) is 3.43. The van der Waals surface area contributed by atoms with Gasteiger partial charge < -0.3 is 5.73 Å². The summed E-state index contributed by atoms with van der Waals surface area (Å²) in [5.41, 5.74) is 8.30. The van der Waals surface area contributed by atoms with Gasteiger partial charge in [-0.2, -0.15) is 0 Å². The van der Waals surface area contributed by atoms with Gasteiger partial charge in [-0.05, 0) is 29.5 Å². The Morgan fingerprint density at radius 3 is 2.50 bits per heavy atom. The molecule has 0 saturated heterocycles. The molecule has 0 amide bonds. The number of hydrogen-bond acceptors (Lipinski definition) is 2. The smallest absolute Gasteiger partial charge is 0.0346 e. The molecule has 2 N–H and O–H groups in total. The summed E-state index contributed by atoms with van der Waals surface area (Å²) < 4.78 is 0. The van der Waals surface area contributed by atoms with Crippen molar-refractivity contribution < 1.29 is 0 Å². The van der Waals surface area contributed by atoms with E-state index in [4.69, 9.17) is 5.73 Å². The molecule has 0 spiro atoms. The quantitative estimate of drug-likeness (QED) is 0.795. The number of nitrogens with two attached hydrogens (primary N) is 1. The maximum Gasteiger partial charge on any atom is 0.0346 e. The SMILES string of the molecule is CC(N)c1csc(-c2ccccc2)c1. The van der Waals surface area contributed by atoms with Crippen LogP contribution >= 0.6 is 11.3 Å². The van der Waals surface area contributed by atoms with Crippen molar-refractivity contribution in [3.8, 4) is 10.4 Å². The van der Waals surface area contributed by atoms with Crippen LogP contribution in [-0.4, -0.2) is 0 Å².